The Kier molecular flexibility index (Phi) is 6.53. The van der Waals surface area contributed by atoms with Crippen LogP contribution >= 0.6 is 27.7 Å². The molecule has 0 bridgehead atoms. The predicted octanol–water partition coefficient (Wildman–Crippen LogP) is 4.69. The van der Waals surface area contributed by atoms with E-state index in [1.807, 2.05) is 20.8 Å². The van der Waals surface area contributed by atoms with Crippen molar-refractivity contribution in [3.63, 3.8) is 0 Å². The fourth-order valence-electron chi connectivity index (χ4n) is 1.40. The molecular formula is C9H16BrF3S. The number of rotatable bonds is 5. The molecule has 0 saturated carbocycles. The lowest BCUT2D eigenvalue weighted by atomic mass is 9.91. The minimum atomic E-state index is -4.09. The van der Waals surface area contributed by atoms with Gasteiger partial charge in [0.15, 0.2) is 0 Å². The van der Waals surface area contributed by atoms with Crippen molar-refractivity contribution >= 4 is 27.7 Å². The SMILES string of the molecule is CC(C)C(CCSC(F)(F)F)C(C)Br. The van der Waals surface area contributed by atoms with Crippen molar-refractivity contribution in [2.75, 3.05) is 5.75 Å². The van der Waals surface area contributed by atoms with Crippen molar-refractivity contribution < 1.29 is 13.2 Å². The van der Waals surface area contributed by atoms with Gasteiger partial charge in [-0.25, -0.2) is 0 Å². The first kappa shape index (κ1) is 14.6. The first-order valence-electron chi connectivity index (χ1n) is 4.58. The normalized spacial score (nSPS) is 17.1. The Morgan fingerprint density at radius 1 is 1.21 bits per heavy atom. The smallest absolute Gasteiger partial charge is 0.160 e. The summed E-state index contributed by atoms with van der Waals surface area (Å²) in [6, 6.07) is 0. The maximum absolute atomic E-state index is 11.9. The van der Waals surface area contributed by atoms with Crippen LogP contribution in [-0.4, -0.2) is 16.1 Å². The molecule has 2 atom stereocenters. The molecule has 0 radical (unpaired) electrons. The van der Waals surface area contributed by atoms with Gasteiger partial charge in [-0.15, -0.1) is 0 Å². The van der Waals surface area contributed by atoms with Crippen molar-refractivity contribution in [3.05, 3.63) is 0 Å². The van der Waals surface area contributed by atoms with Gasteiger partial charge in [-0.1, -0.05) is 48.5 Å². The minimum absolute atomic E-state index is 0.0759. The largest absolute Gasteiger partial charge is 0.441 e. The van der Waals surface area contributed by atoms with E-state index in [2.05, 4.69) is 15.9 Å². The number of thioether (sulfide) groups is 1. The van der Waals surface area contributed by atoms with Crippen LogP contribution in [0.25, 0.3) is 0 Å². The zero-order chi connectivity index (χ0) is 11.4. The van der Waals surface area contributed by atoms with E-state index in [1.54, 1.807) is 0 Å². The van der Waals surface area contributed by atoms with Gasteiger partial charge in [0.25, 0.3) is 0 Å². The van der Waals surface area contributed by atoms with Crippen LogP contribution in [0.5, 0.6) is 0 Å². The summed E-state index contributed by atoms with van der Waals surface area (Å²) >= 11 is 3.51. The number of hydrogen-bond donors (Lipinski definition) is 0. The van der Waals surface area contributed by atoms with E-state index in [9.17, 15) is 13.2 Å². The predicted molar refractivity (Wildman–Crippen MR) is 59.8 cm³/mol. The van der Waals surface area contributed by atoms with Gasteiger partial charge in [-0.3, -0.25) is 0 Å². The fourth-order valence-corrected chi connectivity index (χ4v) is 2.90. The molecule has 0 heterocycles. The Morgan fingerprint density at radius 3 is 2.00 bits per heavy atom. The van der Waals surface area contributed by atoms with Gasteiger partial charge in [0.1, 0.15) is 0 Å². The van der Waals surface area contributed by atoms with Crippen LogP contribution in [0.3, 0.4) is 0 Å². The molecule has 0 saturated heterocycles. The molecule has 0 aromatic carbocycles. The van der Waals surface area contributed by atoms with Gasteiger partial charge < -0.3 is 0 Å². The zero-order valence-electron chi connectivity index (χ0n) is 8.57. The van der Waals surface area contributed by atoms with Crippen molar-refractivity contribution in [1.29, 1.82) is 0 Å². The minimum Gasteiger partial charge on any atom is -0.160 e. The Labute approximate surface area is 96.1 Å². The summed E-state index contributed by atoms with van der Waals surface area (Å²) in [6.45, 7) is 6.07. The molecule has 0 aromatic heterocycles. The highest BCUT2D eigenvalue weighted by atomic mass is 79.9. The lowest BCUT2D eigenvalue weighted by Crippen LogP contribution is -2.19. The molecule has 0 amide bonds. The maximum atomic E-state index is 11.9. The quantitative estimate of drug-likeness (QED) is 0.663. The van der Waals surface area contributed by atoms with Crippen LogP contribution in [0.1, 0.15) is 27.2 Å². The second kappa shape index (κ2) is 6.26. The molecule has 0 N–H and O–H groups in total. The molecule has 0 aromatic rings. The van der Waals surface area contributed by atoms with E-state index >= 15 is 0 Å². The van der Waals surface area contributed by atoms with Crippen LogP contribution in [0.15, 0.2) is 0 Å². The van der Waals surface area contributed by atoms with Crippen molar-refractivity contribution in [2.24, 2.45) is 11.8 Å². The van der Waals surface area contributed by atoms with Gasteiger partial charge >= 0.3 is 5.51 Å². The van der Waals surface area contributed by atoms with E-state index in [0.717, 1.165) is 0 Å². The van der Waals surface area contributed by atoms with E-state index in [-0.39, 0.29) is 22.3 Å². The van der Waals surface area contributed by atoms with Gasteiger partial charge in [0.2, 0.25) is 0 Å². The Hall–Kier alpha value is 0.620. The highest BCUT2D eigenvalue weighted by Crippen LogP contribution is 2.33. The molecular weight excluding hydrogens is 277 g/mol. The summed E-state index contributed by atoms with van der Waals surface area (Å²) in [5, 5.41) is 0. The highest BCUT2D eigenvalue weighted by molar-refractivity contribution is 9.09. The zero-order valence-corrected chi connectivity index (χ0v) is 11.0. The molecule has 2 unspecified atom stereocenters. The molecule has 0 rings (SSSR count). The Morgan fingerprint density at radius 2 is 1.71 bits per heavy atom. The third-order valence-corrected chi connectivity index (χ3v) is 3.61. The molecule has 0 spiro atoms. The third-order valence-electron chi connectivity index (χ3n) is 2.16. The van der Waals surface area contributed by atoms with Crippen LogP contribution in [0.2, 0.25) is 0 Å². The molecule has 0 aliphatic rings. The van der Waals surface area contributed by atoms with E-state index in [4.69, 9.17) is 0 Å². The molecule has 86 valence electrons. The van der Waals surface area contributed by atoms with Crippen LogP contribution in [0, 0.1) is 11.8 Å². The van der Waals surface area contributed by atoms with Crippen LogP contribution < -0.4 is 0 Å². The van der Waals surface area contributed by atoms with Gasteiger partial charge in [-0.05, 0) is 18.3 Å². The Bertz CT molecular complexity index is 149. The average molecular weight is 293 g/mol. The van der Waals surface area contributed by atoms with Crippen molar-refractivity contribution in [3.8, 4) is 0 Å². The van der Waals surface area contributed by atoms with Crippen LogP contribution in [0.4, 0.5) is 13.2 Å². The van der Waals surface area contributed by atoms with E-state index in [1.165, 1.54) is 0 Å². The standard InChI is InChI=1S/C9H16BrF3S/c1-6(2)8(7(3)10)4-5-14-9(11,12)13/h6-8H,4-5H2,1-3H3. The molecule has 5 heteroatoms. The number of hydrogen-bond acceptors (Lipinski definition) is 1. The molecule has 0 aliphatic heterocycles. The topological polar surface area (TPSA) is 0 Å². The molecule has 0 fully saturated rings. The second-order valence-corrected chi connectivity index (χ2v) is 6.27. The van der Waals surface area contributed by atoms with Gasteiger partial charge in [-0.2, -0.15) is 13.2 Å². The molecule has 0 aliphatic carbocycles. The number of halogens is 4. The van der Waals surface area contributed by atoms with E-state index < -0.39 is 5.51 Å². The second-order valence-electron chi connectivity index (χ2n) is 3.67. The van der Waals surface area contributed by atoms with Crippen LogP contribution in [-0.2, 0) is 0 Å². The maximum Gasteiger partial charge on any atom is 0.441 e. The van der Waals surface area contributed by atoms with E-state index in [0.29, 0.717) is 18.3 Å². The summed E-state index contributed by atoms with van der Waals surface area (Å²) in [7, 11) is 0. The lowest BCUT2D eigenvalue weighted by molar-refractivity contribution is -0.0328. The molecule has 0 nitrogen and oxygen atoms in total. The highest BCUT2D eigenvalue weighted by Gasteiger charge is 2.29. The summed E-state index contributed by atoms with van der Waals surface area (Å²) in [5.74, 6) is 0.880. The average Bonchev–Trinajstić information content (AvgIpc) is 1.94. The first-order chi connectivity index (χ1) is 6.24. The summed E-state index contributed by atoms with van der Waals surface area (Å²) in [4.78, 5) is 0.274. The fraction of sp³-hybridized carbons (Fsp3) is 1.00. The monoisotopic (exact) mass is 292 g/mol. The third kappa shape index (κ3) is 6.98. The van der Waals surface area contributed by atoms with Gasteiger partial charge in [0, 0.05) is 10.6 Å². The summed E-state index contributed by atoms with van der Waals surface area (Å²) in [6.07, 6.45) is 0.605. The Balaban J connectivity index is 3.84. The van der Waals surface area contributed by atoms with Crippen molar-refractivity contribution in [2.45, 2.75) is 37.5 Å². The molecule has 14 heavy (non-hydrogen) atoms. The summed E-state index contributed by atoms with van der Waals surface area (Å²) in [5.41, 5.74) is -4.09. The summed E-state index contributed by atoms with van der Waals surface area (Å²) < 4.78 is 35.6. The number of alkyl halides is 4. The van der Waals surface area contributed by atoms with Gasteiger partial charge in [0.05, 0.1) is 0 Å². The first-order valence-corrected chi connectivity index (χ1v) is 6.49. The van der Waals surface area contributed by atoms with Crippen molar-refractivity contribution in [1.82, 2.24) is 0 Å². The lowest BCUT2D eigenvalue weighted by Gasteiger charge is -2.23.